The Bertz CT molecular complexity index is 673. The van der Waals surface area contributed by atoms with Crippen LogP contribution in [0.4, 0.5) is 0 Å². The van der Waals surface area contributed by atoms with Crippen LogP contribution in [0.3, 0.4) is 0 Å². The molecule has 0 unspecified atom stereocenters. The van der Waals surface area contributed by atoms with Crippen molar-refractivity contribution in [2.75, 3.05) is 7.11 Å². The van der Waals surface area contributed by atoms with Crippen molar-refractivity contribution in [3.8, 4) is 0 Å². The van der Waals surface area contributed by atoms with E-state index in [1.165, 1.54) is 13.2 Å². The first-order chi connectivity index (χ1) is 9.45. The van der Waals surface area contributed by atoms with Crippen LogP contribution in [0.25, 0.3) is 11.0 Å². The van der Waals surface area contributed by atoms with E-state index in [1.54, 1.807) is 16.7 Å². The summed E-state index contributed by atoms with van der Waals surface area (Å²) in [6, 6.07) is 4.89. The molecule has 0 aliphatic rings. The Morgan fingerprint density at radius 3 is 2.65 bits per heavy atom. The maximum atomic E-state index is 11.6. The van der Waals surface area contributed by atoms with E-state index < -0.39 is 11.9 Å². The maximum absolute atomic E-state index is 11.6. The van der Waals surface area contributed by atoms with Crippen LogP contribution in [-0.4, -0.2) is 33.7 Å². The average molecular weight is 276 g/mol. The molecular weight excluding hydrogens is 260 g/mol. The van der Waals surface area contributed by atoms with Crippen LogP contribution in [0.15, 0.2) is 18.2 Å². The van der Waals surface area contributed by atoms with E-state index in [9.17, 15) is 14.7 Å². The summed E-state index contributed by atoms with van der Waals surface area (Å²) in [6.07, 6.45) is 0. The van der Waals surface area contributed by atoms with Gasteiger partial charge in [0.25, 0.3) is 0 Å². The number of nitrogens with zero attached hydrogens (tertiary/aromatic N) is 2. The lowest BCUT2D eigenvalue weighted by molar-refractivity contribution is -0.141. The lowest BCUT2D eigenvalue weighted by Gasteiger charge is -2.11. The van der Waals surface area contributed by atoms with E-state index in [0.717, 1.165) is 0 Å². The van der Waals surface area contributed by atoms with E-state index in [1.807, 2.05) is 13.8 Å². The van der Waals surface area contributed by atoms with Crippen molar-refractivity contribution in [3.05, 3.63) is 29.6 Å². The second kappa shape index (κ2) is 5.32. The lowest BCUT2D eigenvalue weighted by Crippen LogP contribution is -2.16. The molecule has 0 spiro atoms. The molecule has 106 valence electrons. The zero-order chi connectivity index (χ0) is 14.9. The van der Waals surface area contributed by atoms with Gasteiger partial charge < -0.3 is 14.4 Å². The predicted octanol–water partition coefficient (Wildman–Crippen LogP) is 2.03. The molecule has 0 aliphatic heterocycles. The molecule has 0 atom stereocenters. The molecule has 1 aromatic carbocycles. The molecule has 1 heterocycles. The molecule has 0 saturated carbocycles. The van der Waals surface area contributed by atoms with Gasteiger partial charge in [0.05, 0.1) is 23.7 Å². The Hall–Kier alpha value is -2.37. The minimum Gasteiger partial charge on any atom is -0.478 e. The Balaban J connectivity index is 2.74. The number of carbonyl (C=O) groups is 2. The smallest absolute Gasteiger partial charge is 0.337 e. The highest BCUT2D eigenvalue weighted by Gasteiger charge is 2.20. The number of aromatic carboxylic acids is 1. The van der Waals surface area contributed by atoms with Crippen LogP contribution in [0.5, 0.6) is 0 Å². The number of hydrogen-bond acceptors (Lipinski definition) is 4. The van der Waals surface area contributed by atoms with Crippen LogP contribution in [0.1, 0.15) is 35.9 Å². The minimum atomic E-state index is -1.04. The van der Waals surface area contributed by atoms with Crippen LogP contribution in [0, 0.1) is 0 Å². The van der Waals surface area contributed by atoms with E-state index in [-0.39, 0.29) is 18.0 Å². The number of methoxy groups -OCH3 is 1. The van der Waals surface area contributed by atoms with Gasteiger partial charge in [-0.1, -0.05) is 19.9 Å². The summed E-state index contributed by atoms with van der Waals surface area (Å²) in [7, 11) is 1.30. The number of carbonyl (C=O) groups excluding carboxylic acids is 1. The van der Waals surface area contributed by atoms with Crippen molar-refractivity contribution < 1.29 is 19.4 Å². The molecular formula is C14H16N2O4. The zero-order valence-corrected chi connectivity index (χ0v) is 11.6. The van der Waals surface area contributed by atoms with Crippen molar-refractivity contribution in [2.24, 2.45) is 0 Å². The molecule has 0 radical (unpaired) electrons. The van der Waals surface area contributed by atoms with Gasteiger partial charge in [-0.05, 0) is 12.1 Å². The number of carboxylic acids is 1. The fourth-order valence-corrected chi connectivity index (χ4v) is 2.17. The second-order valence-electron chi connectivity index (χ2n) is 4.77. The minimum absolute atomic E-state index is 0.0508. The summed E-state index contributed by atoms with van der Waals surface area (Å²) in [5.74, 6) is -0.754. The Labute approximate surface area is 116 Å². The SMILES string of the molecule is COC(=O)Cn1c(C(C)C)nc2cccc(C(=O)O)c21. The van der Waals surface area contributed by atoms with Gasteiger partial charge >= 0.3 is 11.9 Å². The van der Waals surface area contributed by atoms with Crippen molar-refractivity contribution in [3.63, 3.8) is 0 Å². The standard InChI is InChI=1S/C14H16N2O4/c1-8(2)13-15-10-6-4-5-9(14(18)19)12(10)16(13)7-11(17)20-3/h4-6,8H,7H2,1-3H3,(H,18,19). The number of benzene rings is 1. The molecule has 2 rings (SSSR count). The van der Waals surface area contributed by atoms with Gasteiger partial charge in [0.15, 0.2) is 0 Å². The number of para-hydroxylation sites is 1. The monoisotopic (exact) mass is 276 g/mol. The van der Waals surface area contributed by atoms with Gasteiger partial charge in [-0.25, -0.2) is 9.78 Å². The molecule has 0 saturated heterocycles. The third kappa shape index (κ3) is 2.36. The highest BCUT2D eigenvalue weighted by molar-refractivity contribution is 6.01. The van der Waals surface area contributed by atoms with Gasteiger partial charge in [0.2, 0.25) is 0 Å². The zero-order valence-electron chi connectivity index (χ0n) is 11.6. The van der Waals surface area contributed by atoms with E-state index in [2.05, 4.69) is 9.72 Å². The molecule has 2 aromatic rings. The summed E-state index contributed by atoms with van der Waals surface area (Å²) in [5, 5.41) is 9.29. The molecule has 0 bridgehead atoms. The number of hydrogen-bond donors (Lipinski definition) is 1. The first kappa shape index (κ1) is 14.0. The van der Waals surface area contributed by atoms with E-state index in [4.69, 9.17) is 0 Å². The second-order valence-corrected chi connectivity index (χ2v) is 4.77. The lowest BCUT2D eigenvalue weighted by atomic mass is 10.2. The molecule has 20 heavy (non-hydrogen) atoms. The normalized spacial score (nSPS) is 11.0. The van der Waals surface area contributed by atoms with Gasteiger partial charge in [0.1, 0.15) is 12.4 Å². The van der Waals surface area contributed by atoms with Crippen LogP contribution in [-0.2, 0) is 16.1 Å². The summed E-state index contributed by atoms with van der Waals surface area (Å²) < 4.78 is 6.29. The van der Waals surface area contributed by atoms with Gasteiger partial charge in [-0.2, -0.15) is 0 Å². The molecule has 0 amide bonds. The number of aromatic nitrogens is 2. The summed E-state index contributed by atoms with van der Waals surface area (Å²) in [4.78, 5) is 27.3. The number of carboxylic acid groups (broad SMARTS) is 1. The van der Waals surface area contributed by atoms with Crippen molar-refractivity contribution in [1.29, 1.82) is 0 Å². The van der Waals surface area contributed by atoms with Crippen molar-refractivity contribution in [2.45, 2.75) is 26.3 Å². The number of ether oxygens (including phenoxy) is 1. The summed E-state index contributed by atoms with van der Waals surface area (Å²) in [5.41, 5.74) is 1.15. The Kier molecular flexibility index (Phi) is 3.74. The number of fused-ring (bicyclic) bond motifs is 1. The fraction of sp³-hybridized carbons (Fsp3) is 0.357. The molecule has 0 aliphatic carbocycles. The molecule has 1 N–H and O–H groups in total. The van der Waals surface area contributed by atoms with Crippen LogP contribution < -0.4 is 0 Å². The number of imidazole rings is 1. The van der Waals surface area contributed by atoms with E-state index >= 15 is 0 Å². The number of rotatable bonds is 4. The first-order valence-corrected chi connectivity index (χ1v) is 6.25. The van der Waals surface area contributed by atoms with Crippen LogP contribution >= 0.6 is 0 Å². The molecule has 6 nitrogen and oxygen atoms in total. The van der Waals surface area contributed by atoms with E-state index in [0.29, 0.717) is 16.9 Å². The Morgan fingerprint density at radius 1 is 1.40 bits per heavy atom. The van der Waals surface area contributed by atoms with Crippen molar-refractivity contribution >= 4 is 23.0 Å². The highest BCUT2D eigenvalue weighted by Crippen LogP contribution is 2.25. The maximum Gasteiger partial charge on any atom is 0.337 e. The summed E-state index contributed by atoms with van der Waals surface area (Å²) >= 11 is 0. The van der Waals surface area contributed by atoms with Gasteiger partial charge in [-0.15, -0.1) is 0 Å². The third-order valence-corrected chi connectivity index (χ3v) is 3.06. The fourth-order valence-electron chi connectivity index (χ4n) is 2.17. The Morgan fingerprint density at radius 2 is 2.10 bits per heavy atom. The highest BCUT2D eigenvalue weighted by atomic mass is 16.5. The van der Waals surface area contributed by atoms with Gasteiger partial charge in [-0.3, -0.25) is 4.79 Å². The van der Waals surface area contributed by atoms with Crippen molar-refractivity contribution in [1.82, 2.24) is 9.55 Å². The predicted molar refractivity (Wildman–Crippen MR) is 72.8 cm³/mol. The number of esters is 1. The topological polar surface area (TPSA) is 81.4 Å². The summed E-state index contributed by atoms with van der Waals surface area (Å²) in [6.45, 7) is 3.83. The van der Waals surface area contributed by atoms with Crippen LogP contribution in [0.2, 0.25) is 0 Å². The largest absolute Gasteiger partial charge is 0.478 e. The third-order valence-electron chi connectivity index (χ3n) is 3.06. The molecule has 6 heteroatoms. The quantitative estimate of drug-likeness (QED) is 0.864. The molecule has 0 fully saturated rings. The molecule has 1 aromatic heterocycles. The van der Waals surface area contributed by atoms with Gasteiger partial charge in [0, 0.05) is 5.92 Å². The first-order valence-electron chi connectivity index (χ1n) is 6.25. The average Bonchev–Trinajstić information content (AvgIpc) is 2.77.